The van der Waals surface area contributed by atoms with Crippen LogP contribution in [0.2, 0.25) is 5.15 Å². The van der Waals surface area contributed by atoms with Crippen LogP contribution >= 0.6 is 23.2 Å². The summed E-state index contributed by atoms with van der Waals surface area (Å²) in [5, 5.41) is -1.96. The number of nitrogen functional groups attached to an aromatic ring is 1. The summed E-state index contributed by atoms with van der Waals surface area (Å²) in [6.45, 7) is 3.64. The zero-order chi connectivity index (χ0) is 15.4. The number of ether oxygens (including phenoxy) is 1. The molecule has 114 valence electrons. The molecule has 0 amide bonds. The summed E-state index contributed by atoms with van der Waals surface area (Å²) in [6.07, 6.45) is 0.705. The molecule has 2 aromatic heterocycles. The highest BCUT2D eigenvalue weighted by atomic mass is 35.5. The van der Waals surface area contributed by atoms with Gasteiger partial charge in [-0.1, -0.05) is 37.0 Å². The van der Waals surface area contributed by atoms with E-state index in [1.165, 1.54) is 10.9 Å². The third-order valence-electron chi connectivity index (χ3n) is 3.85. The molecule has 1 aliphatic heterocycles. The number of alkyl halides is 2. The van der Waals surface area contributed by atoms with Crippen LogP contribution in [-0.2, 0) is 4.74 Å². The minimum atomic E-state index is -2.07. The van der Waals surface area contributed by atoms with Crippen LogP contribution in [-0.4, -0.2) is 30.8 Å². The van der Waals surface area contributed by atoms with Gasteiger partial charge in [-0.2, -0.15) is 9.97 Å². The van der Waals surface area contributed by atoms with E-state index in [2.05, 4.69) is 15.0 Å². The molecule has 21 heavy (non-hydrogen) atoms. The van der Waals surface area contributed by atoms with Crippen molar-refractivity contribution >= 4 is 40.3 Å². The number of imidazole rings is 1. The lowest BCUT2D eigenvalue weighted by Crippen LogP contribution is -2.30. The Bertz CT molecular complexity index is 692. The standard InChI is InChI=1S/C12H14Cl2FN5O/c1-3-6-5(2)12(14,15)10(21-6)20-4-17-7-8(13)18-11(16)19-9(7)20/h4-6,10H,3H2,1-2H3,(H2,16,18,19)/t5-,6-,10-,12+/m1/s1. The first kappa shape index (κ1) is 14.7. The monoisotopic (exact) mass is 333 g/mol. The van der Waals surface area contributed by atoms with E-state index in [9.17, 15) is 4.39 Å². The molecule has 0 bridgehead atoms. The number of halogens is 3. The normalized spacial score (nSPS) is 32.9. The molecule has 0 aromatic carbocycles. The van der Waals surface area contributed by atoms with Gasteiger partial charge in [0.25, 0.3) is 0 Å². The number of fused-ring (bicyclic) bond motifs is 1. The maximum atomic E-state index is 14.9. The molecule has 0 radical (unpaired) electrons. The zero-order valence-electron chi connectivity index (χ0n) is 11.4. The van der Waals surface area contributed by atoms with Crippen LogP contribution in [0, 0.1) is 5.92 Å². The van der Waals surface area contributed by atoms with E-state index in [0.717, 1.165) is 0 Å². The number of nitrogens with two attached hydrogens (primary N) is 1. The van der Waals surface area contributed by atoms with Crippen LogP contribution in [0.15, 0.2) is 6.33 Å². The molecular weight excluding hydrogens is 320 g/mol. The number of anilines is 1. The minimum Gasteiger partial charge on any atom is -0.368 e. The van der Waals surface area contributed by atoms with Crippen molar-refractivity contribution in [3.8, 4) is 0 Å². The molecule has 3 heterocycles. The first-order valence-electron chi connectivity index (χ1n) is 6.55. The largest absolute Gasteiger partial charge is 0.368 e. The van der Waals surface area contributed by atoms with E-state index in [1.807, 2.05) is 6.92 Å². The number of aromatic nitrogens is 4. The van der Waals surface area contributed by atoms with E-state index in [-0.39, 0.29) is 17.2 Å². The number of rotatable bonds is 2. The Hall–Kier alpha value is -1.18. The van der Waals surface area contributed by atoms with Gasteiger partial charge < -0.3 is 10.5 Å². The zero-order valence-corrected chi connectivity index (χ0v) is 12.9. The molecular formula is C12H14Cl2FN5O. The van der Waals surface area contributed by atoms with Gasteiger partial charge in [0.2, 0.25) is 11.1 Å². The van der Waals surface area contributed by atoms with Crippen LogP contribution in [0.5, 0.6) is 0 Å². The van der Waals surface area contributed by atoms with Gasteiger partial charge >= 0.3 is 0 Å². The third-order valence-corrected chi connectivity index (χ3v) is 4.64. The number of nitrogens with zero attached hydrogens (tertiary/aromatic N) is 4. The van der Waals surface area contributed by atoms with Gasteiger partial charge in [0.05, 0.1) is 12.4 Å². The van der Waals surface area contributed by atoms with Gasteiger partial charge in [-0.05, 0) is 6.42 Å². The van der Waals surface area contributed by atoms with Crippen molar-refractivity contribution in [1.29, 1.82) is 0 Å². The molecule has 9 heteroatoms. The summed E-state index contributed by atoms with van der Waals surface area (Å²) in [4.78, 5) is 12.0. The van der Waals surface area contributed by atoms with Crippen LogP contribution in [0.1, 0.15) is 26.5 Å². The molecule has 1 fully saturated rings. The Balaban J connectivity index is 2.13. The van der Waals surface area contributed by atoms with E-state index in [0.29, 0.717) is 17.6 Å². The molecule has 0 aliphatic carbocycles. The molecule has 1 aliphatic rings. The van der Waals surface area contributed by atoms with Gasteiger partial charge in [0.1, 0.15) is 5.52 Å². The molecule has 1 saturated heterocycles. The summed E-state index contributed by atoms with van der Waals surface area (Å²) in [7, 11) is 0. The average molecular weight is 334 g/mol. The van der Waals surface area contributed by atoms with Crippen LogP contribution in [0.25, 0.3) is 11.2 Å². The van der Waals surface area contributed by atoms with E-state index >= 15 is 0 Å². The first-order valence-corrected chi connectivity index (χ1v) is 7.30. The smallest absolute Gasteiger partial charge is 0.233 e. The average Bonchev–Trinajstić information content (AvgIpc) is 2.91. The lowest BCUT2D eigenvalue weighted by molar-refractivity contribution is -0.0271. The predicted molar refractivity (Wildman–Crippen MR) is 77.8 cm³/mol. The number of hydrogen-bond acceptors (Lipinski definition) is 5. The second-order valence-electron chi connectivity index (χ2n) is 5.10. The Kier molecular flexibility index (Phi) is 3.46. The van der Waals surface area contributed by atoms with Crippen molar-refractivity contribution in [3.63, 3.8) is 0 Å². The van der Waals surface area contributed by atoms with Crippen molar-refractivity contribution in [2.75, 3.05) is 5.73 Å². The highest BCUT2D eigenvalue weighted by Crippen LogP contribution is 2.49. The molecule has 4 atom stereocenters. The fraction of sp³-hybridized carbons (Fsp3) is 0.583. The Morgan fingerprint density at radius 3 is 2.86 bits per heavy atom. The highest BCUT2D eigenvalue weighted by Gasteiger charge is 2.55. The van der Waals surface area contributed by atoms with E-state index in [4.69, 9.17) is 33.7 Å². The molecule has 2 N–H and O–H groups in total. The van der Waals surface area contributed by atoms with Crippen molar-refractivity contribution in [2.24, 2.45) is 5.92 Å². The predicted octanol–water partition coefficient (Wildman–Crippen LogP) is 2.91. The van der Waals surface area contributed by atoms with Crippen molar-refractivity contribution in [2.45, 2.75) is 37.7 Å². The maximum Gasteiger partial charge on any atom is 0.233 e. The summed E-state index contributed by atoms with van der Waals surface area (Å²) < 4.78 is 22.0. The molecule has 0 saturated carbocycles. The lowest BCUT2D eigenvalue weighted by Gasteiger charge is -2.23. The Morgan fingerprint density at radius 2 is 2.24 bits per heavy atom. The van der Waals surface area contributed by atoms with Gasteiger partial charge in [-0.3, -0.25) is 4.57 Å². The van der Waals surface area contributed by atoms with Crippen LogP contribution in [0.4, 0.5) is 10.3 Å². The van der Waals surface area contributed by atoms with Crippen LogP contribution in [0.3, 0.4) is 0 Å². The fourth-order valence-corrected chi connectivity index (χ4v) is 3.13. The van der Waals surface area contributed by atoms with Crippen molar-refractivity contribution in [3.05, 3.63) is 11.5 Å². The summed E-state index contributed by atoms with van der Waals surface area (Å²) in [5.41, 5.74) is 6.21. The Morgan fingerprint density at radius 1 is 1.52 bits per heavy atom. The fourth-order valence-electron chi connectivity index (χ4n) is 2.62. The number of hydrogen-bond donors (Lipinski definition) is 1. The summed E-state index contributed by atoms with van der Waals surface area (Å²) in [5.74, 6) is -0.493. The quantitative estimate of drug-likeness (QED) is 0.675. The third kappa shape index (κ3) is 2.15. The van der Waals surface area contributed by atoms with Gasteiger partial charge in [-0.25, -0.2) is 9.37 Å². The van der Waals surface area contributed by atoms with Crippen molar-refractivity contribution in [1.82, 2.24) is 19.5 Å². The molecule has 0 unspecified atom stereocenters. The van der Waals surface area contributed by atoms with Crippen molar-refractivity contribution < 1.29 is 9.13 Å². The molecule has 2 aromatic rings. The van der Waals surface area contributed by atoms with Gasteiger partial charge in [-0.15, -0.1) is 0 Å². The first-order chi connectivity index (χ1) is 9.86. The SMILES string of the molecule is CC[C@H]1O[C@@H](n2cnc3c(Cl)nc(N)nc32)[C@](F)(Cl)[C@@H]1C. The highest BCUT2D eigenvalue weighted by molar-refractivity contribution is 6.33. The molecule has 6 nitrogen and oxygen atoms in total. The minimum absolute atomic E-state index is 0.0219. The molecule has 0 spiro atoms. The summed E-state index contributed by atoms with van der Waals surface area (Å²) >= 11 is 12.0. The Labute approximate surface area is 130 Å². The van der Waals surface area contributed by atoms with Gasteiger partial charge in [0, 0.05) is 5.92 Å². The van der Waals surface area contributed by atoms with E-state index in [1.54, 1.807) is 6.92 Å². The molecule has 3 rings (SSSR count). The summed E-state index contributed by atoms with van der Waals surface area (Å²) in [6, 6.07) is 0. The van der Waals surface area contributed by atoms with E-state index < -0.39 is 17.3 Å². The topological polar surface area (TPSA) is 78.8 Å². The maximum absolute atomic E-state index is 14.9. The van der Waals surface area contributed by atoms with Crippen LogP contribution < -0.4 is 5.73 Å². The second-order valence-corrected chi connectivity index (χ2v) is 6.03. The van der Waals surface area contributed by atoms with Gasteiger partial charge in [0.15, 0.2) is 17.0 Å². The lowest BCUT2D eigenvalue weighted by atomic mass is 9.99. The second kappa shape index (κ2) is 4.93.